The minimum Gasteiger partial charge on any atom is -0.465 e. The van der Waals surface area contributed by atoms with Crippen LogP contribution in [0, 0.1) is 6.92 Å². The lowest BCUT2D eigenvalue weighted by Gasteiger charge is -2.05. The molecule has 0 aliphatic heterocycles. The number of hydrogen-bond donors (Lipinski definition) is 2. The molecule has 6 nitrogen and oxygen atoms in total. The summed E-state index contributed by atoms with van der Waals surface area (Å²) in [5, 5.41) is 5.90. The topological polar surface area (TPSA) is 84.5 Å². The van der Waals surface area contributed by atoms with E-state index in [9.17, 15) is 14.4 Å². The van der Waals surface area contributed by atoms with Crippen molar-refractivity contribution in [1.82, 2.24) is 0 Å². The zero-order valence-electron chi connectivity index (χ0n) is 13.3. The number of anilines is 2. The van der Waals surface area contributed by atoms with Crippen LogP contribution in [0.4, 0.5) is 10.7 Å². The van der Waals surface area contributed by atoms with Gasteiger partial charge in [0, 0.05) is 10.7 Å². The number of halogens is 2. The number of rotatable bonds is 5. The molecule has 2 N–H and O–H groups in total. The van der Waals surface area contributed by atoms with E-state index in [4.69, 9.17) is 27.9 Å². The van der Waals surface area contributed by atoms with Crippen molar-refractivity contribution in [2.45, 2.75) is 6.92 Å². The van der Waals surface area contributed by atoms with E-state index in [1.807, 2.05) is 0 Å². The van der Waals surface area contributed by atoms with Crippen LogP contribution in [0.15, 0.2) is 24.3 Å². The lowest BCUT2D eigenvalue weighted by atomic mass is 10.1. The van der Waals surface area contributed by atoms with Crippen LogP contribution in [-0.2, 0) is 9.53 Å². The van der Waals surface area contributed by atoms with Crippen LogP contribution in [-0.4, -0.2) is 30.8 Å². The van der Waals surface area contributed by atoms with E-state index in [0.29, 0.717) is 16.3 Å². The SMILES string of the molecule is COC(=O)c1c(NC(=O)CCl)sc(C(=O)Nc2cccc(Cl)c2)c1C. The molecule has 0 bridgehead atoms. The molecule has 2 rings (SSSR count). The fraction of sp³-hybridized carbons (Fsp3) is 0.188. The molecule has 132 valence electrons. The first kappa shape index (κ1) is 19.2. The average molecular weight is 401 g/mol. The third-order valence-electron chi connectivity index (χ3n) is 3.20. The first-order chi connectivity index (χ1) is 11.9. The molecule has 0 saturated heterocycles. The summed E-state index contributed by atoms with van der Waals surface area (Å²) < 4.78 is 4.73. The quantitative estimate of drug-likeness (QED) is 0.588. The Morgan fingerprint density at radius 2 is 1.96 bits per heavy atom. The number of benzene rings is 1. The first-order valence-corrected chi connectivity index (χ1v) is 8.74. The Morgan fingerprint density at radius 1 is 1.24 bits per heavy atom. The number of methoxy groups -OCH3 is 1. The Balaban J connectivity index is 2.38. The second kappa shape index (κ2) is 8.33. The van der Waals surface area contributed by atoms with E-state index in [2.05, 4.69) is 10.6 Å². The molecule has 1 heterocycles. The predicted molar refractivity (Wildman–Crippen MR) is 99.2 cm³/mol. The maximum absolute atomic E-state index is 12.5. The van der Waals surface area contributed by atoms with E-state index in [0.717, 1.165) is 11.3 Å². The van der Waals surface area contributed by atoms with Crippen LogP contribution >= 0.6 is 34.5 Å². The van der Waals surface area contributed by atoms with Gasteiger partial charge < -0.3 is 15.4 Å². The molecular weight excluding hydrogens is 387 g/mol. The number of carbonyl (C=O) groups is 3. The van der Waals surface area contributed by atoms with Gasteiger partial charge in [-0.15, -0.1) is 22.9 Å². The van der Waals surface area contributed by atoms with Crippen LogP contribution in [0.1, 0.15) is 25.6 Å². The summed E-state index contributed by atoms with van der Waals surface area (Å²) in [4.78, 5) is 36.4. The molecule has 0 atom stereocenters. The van der Waals surface area contributed by atoms with Crippen molar-refractivity contribution >= 4 is 63.0 Å². The van der Waals surface area contributed by atoms with Gasteiger partial charge in [-0.2, -0.15) is 0 Å². The number of amides is 2. The summed E-state index contributed by atoms with van der Waals surface area (Å²) in [5.74, 6) is -1.85. The van der Waals surface area contributed by atoms with E-state index < -0.39 is 17.8 Å². The fourth-order valence-electron chi connectivity index (χ4n) is 2.08. The smallest absolute Gasteiger partial charge is 0.341 e. The number of nitrogens with one attached hydrogen (secondary N) is 2. The highest BCUT2D eigenvalue weighted by Gasteiger charge is 2.26. The molecule has 0 saturated carbocycles. The molecule has 2 aromatic rings. The van der Waals surface area contributed by atoms with Crippen molar-refractivity contribution < 1.29 is 19.1 Å². The number of ether oxygens (including phenoxy) is 1. The standard InChI is InChI=1S/C16H14Cl2N2O4S/c1-8-12(16(23)24-2)15(20-11(21)7-17)25-13(8)14(22)19-10-5-3-4-9(18)6-10/h3-6H,7H2,1-2H3,(H,19,22)(H,20,21). The number of esters is 1. The van der Waals surface area contributed by atoms with Crippen LogP contribution < -0.4 is 10.6 Å². The third kappa shape index (κ3) is 4.50. The van der Waals surface area contributed by atoms with Gasteiger partial charge in [0.05, 0.1) is 17.6 Å². The van der Waals surface area contributed by atoms with Crippen molar-refractivity contribution in [2.24, 2.45) is 0 Å². The van der Waals surface area contributed by atoms with Gasteiger partial charge in [0.15, 0.2) is 0 Å². The number of hydrogen-bond acceptors (Lipinski definition) is 5. The largest absolute Gasteiger partial charge is 0.465 e. The Morgan fingerprint density at radius 3 is 2.56 bits per heavy atom. The second-order valence-electron chi connectivity index (χ2n) is 4.90. The van der Waals surface area contributed by atoms with E-state index in [1.165, 1.54) is 7.11 Å². The second-order valence-corrected chi connectivity index (χ2v) is 6.62. The van der Waals surface area contributed by atoms with Crippen molar-refractivity contribution in [2.75, 3.05) is 23.6 Å². The van der Waals surface area contributed by atoms with Crippen LogP contribution in [0.5, 0.6) is 0 Å². The van der Waals surface area contributed by atoms with Gasteiger partial charge in [-0.05, 0) is 30.7 Å². The van der Waals surface area contributed by atoms with Gasteiger partial charge in [-0.25, -0.2) is 4.79 Å². The molecule has 1 aromatic carbocycles. The predicted octanol–water partition coefficient (Wildman–Crippen LogP) is 3.93. The highest BCUT2D eigenvalue weighted by Crippen LogP contribution is 2.34. The van der Waals surface area contributed by atoms with Crippen molar-refractivity contribution in [3.63, 3.8) is 0 Å². The number of thiophene rings is 1. The fourth-order valence-corrected chi connectivity index (χ4v) is 3.44. The van der Waals surface area contributed by atoms with Gasteiger partial charge in [0.25, 0.3) is 5.91 Å². The average Bonchev–Trinajstić information content (AvgIpc) is 2.90. The molecule has 0 fully saturated rings. The molecule has 9 heteroatoms. The summed E-state index contributed by atoms with van der Waals surface area (Å²) in [5.41, 5.74) is 1.04. The maximum Gasteiger partial charge on any atom is 0.341 e. The summed E-state index contributed by atoms with van der Waals surface area (Å²) in [6.07, 6.45) is 0. The van der Waals surface area contributed by atoms with Crippen LogP contribution in [0.2, 0.25) is 5.02 Å². The minimum atomic E-state index is -0.652. The van der Waals surface area contributed by atoms with E-state index >= 15 is 0 Å². The highest BCUT2D eigenvalue weighted by atomic mass is 35.5. The summed E-state index contributed by atoms with van der Waals surface area (Å²) in [6.45, 7) is 1.60. The van der Waals surface area contributed by atoms with E-state index in [-0.39, 0.29) is 21.3 Å². The molecule has 1 aromatic heterocycles. The van der Waals surface area contributed by atoms with Gasteiger partial charge in [-0.3, -0.25) is 9.59 Å². The highest BCUT2D eigenvalue weighted by molar-refractivity contribution is 7.19. The minimum absolute atomic E-state index is 0.127. The summed E-state index contributed by atoms with van der Waals surface area (Å²) in [6, 6.07) is 6.66. The van der Waals surface area contributed by atoms with Crippen LogP contribution in [0.25, 0.3) is 0 Å². The lowest BCUT2D eigenvalue weighted by molar-refractivity contribution is -0.113. The zero-order chi connectivity index (χ0) is 18.6. The monoisotopic (exact) mass is 400 g/mol. The normalized spacial score (nSPS) is 10.2. The van der Waals surface area contributed by atoms with Crippen LogP contribution in [0.3, 0.4) is 0 Å². The molecule has 0 unspecified atom stereocenters. The molecule has 25 heavy (non-hydrogen) atoms. The zero-order valence-corrected chi connectivity index (χ0v) is 15.6. The molecule has 0 spiro atoms. The van der Waals surface area contributed by atoms with Crippen molar-refractivity contribution in [1.29, 1.82) is 0 Å². The molecule has 0 aliphatic carbocycles. The molecule has 0 aliphatic rings. The van der Waals surface area contributed by atoms with E-state index in [1.54, 1.807) is 31.2 Å². The van der Waals surface area contributed by atoms with Gasteiger partial charge in [0.2, 0.25) is 5.91 Å². The Labute approximate surface area is 158 Å². The Kier molecular flexibility index (Phi) is 6.41. The molecule has 2 amide bonds. The third-order valence-corrected chi connectivity index (χ3v) is 4.88. The van der Waals surface area contributed by atoms with Crippen molar-refractivity contribution in [3.8, 4) is 0 Å². The number of alkyl halides is 1. The molecular formula is C16H14Cl2N2O4S. The number of carbonyl (C=O) groups excluding carboxylic acids is 3. The summed E-state index contributed by atoms with van der Waals surface area (Å²) >= 11 is 12.4. The first-order valence-electron chi connectivity index (χ1n) is 7.01. The molecule has 0 radical (unpaired) electrons. The summed E-state index contributed by atoms with van der Waals surface area (Å²) in [7, 11) is 1.22. The van der Waals surface area contributed by atoms with Gasteiger partial charge in [-0.1, -0.05) is 17.7 Å². The van der Waals surface area contributed by atoms with Gasteiger partial charge >= 0.3 is 5.97 Å². The Bertz CT molecular complexity index is 836. The Hall–Kier alpha value is -2.09. The lowest BCUT2D eigenvalue weighted by Crippen LogP contribution is -2.15. The van der Waals surface area contributed by atoms with Crippen molar-refractivity contribution in [3.05, 3.63) is 45.3 Å². The van der Waals surface area contributed by atoms with Gasteiger partial charge in [0.1, 0.15) is 10.9 Å². The maximum atomic E-state index is 12.5.